The van der Waals surface area contributed by atoms with E-state index >= 15 is 0 Å². The summed E-state index contributed by atoms with van der Waals surface area (Å²) in [5, 5.41) is 0. The Balaban J connectivity index is 1.67. The minimum Gasteiger partial charge on any atom is -0.306 e. The molecule has 18 heavy (non-hydrogen) atoms. The maximum atomic E-state index is 2.50. The molecule has 0 spiro atoms. The number of likely N-dealkylation sites (tertiary alicyclic amines) is 2. The second kappa shape index (κ2) is 6.38. The molecular formula is C16H32N2. The average molecular weight is 252 g/mol. The first kappa shape index (κ1) is 14.3. The highest BCUT2D eigenvalue weighted by Crippen LogP contribution is 2.31. The summed E-state index contributed by atoms with van der Waals surface area (Å²) in [4.78, 5) is 4.99. The van der Waals surface area contributed by atoms with Crippen LogP contribution in [0.5, 0.6) is 0 Å². The molecule has 0 aromatic carbocycles. The summed E-state index contributed by atoms with van der Waals surface area (Å²) in [7, 11) is 4.54. The van der Waals surface area contributed by atoms with Crippen molar-refractivity contribution in [1.29, 1.82) is 0 Å². The Kier molecular flexibility index (Phi) is 5.08. The highest BCUT2D eigenvalue weighted by Gasteiger charge is 2.28. The van der Waals surface area contributed by atoms with E-state index in [1.54, 1.807) is 0 Å². The predicted molar refractivity (Wildman–Crippen MR) is 78.8 cm³/mol. The lowest BCUT2D eigenvalue weighted by Gasteiger charge is -2.24. The van der Waals surface area contributed by atoms with Gasteiger partial charge in [0.25, 0.3) is 0 Å². The molecule has 2 saturated heterocycles. The molecule has 106 valence electrons. The molecule has 0 amide bonds. The second-order valence-electron chi connectivity index (χ2n) is 7.15. The van der Waals surface area contributed by atoms with Crippen LogP contribution in [0, 0.1) is 23.7 Å². The summed E-state index contributed by atoms with van der Waals surface area (Å²) in [6.07, 6.45) is 5.75. The summed E-state index contributed by atoms with van der Waals surface area (Å²) in [5.41, 5.74) is 0. The molecule has 0 aromatic rings. The highest BCUT2D eigenvalue weighted by atomic mass is 15.1. The van der Waals surface area contributed by atoms with E-state index in [2.05, 4.69) is 37.7 Å². The van der Waals surface area contributed by atoms with Crippen molar-refractivity contribution in [2.24, 2.45) is 23.7 Å². The Morgan fingerprint density at radius 3 is 1.50 bits per heavy atom. The SMILES string of the molecule is C[C@H](CC[C@H](C)[C@@H]1CCN(C)C1)[C@H]1CCN(C)C1. The molecular weight excluding hydrogens is 220 g/mol. The zero-order chi connectivity index (χ0) is 13.1. The van der Waals surface area contributed by atoms with Crippen LogP contribution in [0.4, 0.5) is 0 Å². The molecule has 2 heterocycles. The van der Waals surface area contributed by atoms with Crippen LogP contribution < -0.4 is 0 Å². The van der Waals surface area contributed by atoms with Crippen molar-refractivity contribution in [1.82, 2.24) is 9.80 Å². The van der Waals surface area contributed by atoms with Gasteiger partial charge in [-0.25, -0.2) is 0 Å². The first-order valence-electron chi connectivity index (χ1n) is 7.93. The lowest BCUT2D eigenvalue weighted by molar-refractivity contribution is 0.268. The monoisotopic (exact) mass is 252 g/mol. The van der Waals surface area contributed by atoms with Gasteiger partial charge in [-0.2, -0.15) is 0 Å². The average Bonchev–Trinajstić information content (AvgIpc) is 2.94. The van der Waals surface area contributed by atoms with Gasteiger partial charge in [-0.1, -0.05) is 26.7 Å². The Bertz CT molecular complexity index is 227. The van der Waals surface area contributed by atoms with E-state index in [9.17, 15) is 0 Å². The molecule has 2 aliphatic rings. The zero-order valence-electron chi connectivity index (χ0n) is 12.9. The maximum absolute atomic E-state index is 2.50. The largest absolute Gasteiger partial charge is 0.306 e. The Labute approximate surface area is 114 Å². The maximum Gasteiger partial charge on any atom is 0.000963 e. The van der Waals surface area contributed by atoms with Crippen molar-refractivity contribution in [3.63, 3.8) is 0 Å². The van der Waals surface area contributed by atoms with Crippen LogP contribution in [0.3, 0.4) is 0 Å². The predicted octanol–water partition coefficient (Wildman–Crippen LogP) is 2.94. The van der Waals surface area contributed by atoms with Crippen LogP contribution in [0.2, 0.25) is 0 Å². The minimum absolute atomic E-state index is 0.927. The van der Waals surface area contributed by atoms with Gasteiger partial charge in [-0.15, -0.1) is 0 Å². The third kappa shape index (κ3) is 3.71. The molecule has 2 heteroatoms. The summed E-state index contributed by atoms with van der Waals surface area (Å²) < 4.78 is 0. The first-order valence-corrected chi connectivity index (χ1v) is 7.93. The van der Waals surface area contributed by atoms with Crippen LogP contribution in [-0.4, -0.2) is 50.1 Å². The van der Waals surface area contributed by atoms with Crippen LogP contribution in [-0.2, 0) is 0 Å². The fraction of sp³-hybridized carbons (Fsp3) is 1.00. The Morgan fingerprint density at radius 1 is 0.833 bits per heavy atom. The summed E-state index contributed by atoms with van der Waals surface area (Å²) in [6, 6.07) is 0. The fourth-order valence-electron chi connectivity index (χ4n) is 3.86. The van der Waals surface area contributed by atoms with Gasteiger partial charge in [0, 0.05) is 13.1 Å². The van der Waals surface area contributed by atoms with E-state index in [0.29, 0.717) is 0 Å². The zero-order valence-corrected chi connectivity index (χ0v) is 12.9. The topological polar surface area (TPSA) is 6.48 Å². The van der Waals surface area contributed by atoms with Gasteiger partial charge >= 0.3 is 0 Å². The molecule has 0 aromatic heterocycles. The van der Waals surface area contributed by atoms with Gasteiger partial charge in [-0.3, -0.25) is 0 Å². The van der Waals surface area contributed by atoms with Gasteiger partial charge in [0.2, 0.25) is 0 Å². The molecule has 2 rings (SSSR count). The molecule has 0 saturated carbocycles. The van der Waals surface area contributed by atoms with Crippen molar-refractivity contribution < 1.29 is 0 Å². The molecule has 2 aliphatic heterocycles. The van der Waals surface area contributed by atoms with Gasteiger partial charge in [-0.05, 0) is 63.7 Å². The smallest absolute Gasteiger partial charge is 0.000963 e. The highest BCUT2D eigenvalue weighted by molar-refractivity contribution is 4.80. The fourth-order valence-corrected chi connectivity index (χ4v) is 3.86. The molecule has 4 atom stereocenters. The van der Waals surface area contributed by atoms with Crippen LogP contribution in [0.25, 0.3) is 0 Å². The van der Waals surface area contributed by atoms with E-state index in [1.165, 1.54) is 51.9 Å². The Morgan fingerprint density at radius 2 is 1.22 bits per heavy atom. The first-order chi connectivity index (χ1) is 8.56. The standard InChI is InChI=1S/C16H32N2/c1-13(15-7-9-17(3)11-15)5-6-14(2)16-8-10-18(4)12-16/h13-16H,5-12H2,1-4H3/t13-,14+,15+,16-. The van der Waals surface area contributed by atoms with Gasteiger partial charge in [0.15, 0.2) is 0 Å². The van der Waals surface area contributed by atoms with Crippen molar-refractivity contribution in [2.45, 2.75) is 39.5 Å². The summed E-state index contributed by atoms with van der Waals surface area (Å²) in [6.45, 7) is 10.3. The quantitative estimate of drug-likeness (QED) is 0.742. The van der Waals surface area contributed by atoms with E-state index in [1.807, 2.05) is 0 Å². The normalized spacial score (nSPS) is 34.0. The van der Waals surface area contributed by atoms with Crippen LogP contribution in [0.15, 0.2) is 0 Å². The molecule has 0 aliphatic carbocycles. The number of hydrogen-bond donors (Lipinski definition) is 0. The Hall–Kier alpha value is -0.0800. The van der Waals surface area contributed by atoms with Crippen molar-refractivity contribution in [3.05, 3.63) is 0 Å². The number of rotatable bonds is 5. The molecule has 0 bridgehead atoms. The number of nitrogens with zero attached hydrogens (tertiary/aromatic N) is 2. The third-order valence-corrected chi connectivity index (χ3v) is 5.54. The third-order valence-electron chi connectivity index (χ3n) is 5.54. The minimum atomic E-state index is 0.927. The lowest BCUT2D eigenvalue weighted by atomic mass is 9.83. The van der Waals surface area contributed by atoms with Crippen LogP contribution >= 0.6 is 0 Å². The van der Waals surface area contributed by atoms with Gasteiger partial charge in [0.1, 0.15) is 0 Å². The number of hydrogen-bond acceptors (Lipinski definition) is 2. The molecule has 0 unspecified atom stereocenters. The van der Waals surface area contributed by atoms with Crippen LogP contribution in [0.1, 0.15) is 39.5 Å². The molecule has 0 radical (unpaired) electrons. The van der Waals surface area contributed by atoms with Crippen molar-refractivity contribution in [3.8, 4) is 0 Å². The summed E-state index contributed by atoms with van der Waals surface area (Å²) >= 11 is 0. The van der Waals surface area contributed by atoms with Crippen molar-refractivity contribution in [2.75, 3.05) is 40.3 Å². The molecule has 2 nitrogen and oxygen atoms in total. The molecule has 0 N–H and O–H groups in total. The van der Waals surface area contributed by atoms with Gasteiger partial charge in [0.05, 0.1) is 0 Å². The van der Waals surface area contributed by atoms with E-state index in [4.69, 9.17) is 0 Å². The summed E-state index contributed by atoms with van der Waals surface area (Å²) in [5.74, 6) is 3.79. The van der Waals surface area contributed by atoms with Gasteiger partial charge < -0.3 is 9.80 Å². The van der Waals surface area contributed by atoms with E-state index in [0.717, 1.165) is 23.7 Å². The van der Waals surface area contributed by atoms with E-state index in [-0.39, 0.29) is 0 Å². The molecule has 2 fully saturated rings. The lowest BCUT2D eigenvalue weighted by Crippen LogP contribution is -2.21. The van der Waals surface area contributed by atoms with Crippen molar-refractivity contribution >= 4 is 0 Å². The van der Waals surface area contributed by atoms with E-state index < -0.39 is 0 Å². The second-order valence-corrected chi connectivity index (χ2v) is 7.15.